The van der Waals surface area contributed by atoms with Crippen LogP contribution in [0.15, 0.2) is 24.3 Å². The van der Waals surface area contributed by atoms with Crippen molar-refractivity contribution in [3.63, 3.8) is 0 Å². The number of nitrogens with one attached hydrogen (secondary N) is 1. The quantitative estimate of drug-likeness (QED) is 0.364. The van der Waals surface area contributed by atoms with Gasteiger partial charge in [0, 0.05) is 25.9 Å². The topological polar surface area (TPSA) is 92.8 Å². The molecule has 1 heterocycles. The van der Waals surface area contributed by atoms with Gasteiger partial charge in [-0.1, -0.05) is 18.6 Å². The molecule has 0 saturated heterocycles. The third kappa shape index (κ3) is 5.91. The van der Waals surface area contributed by atoms with Crippen molar-refractivity contribution in [2.24, 2.45) is 0 Å². The van der Waals surface area contributed by atoms with E-state index in [-0.39, 0.29) is 36.7 Å². The molecule has 27 heavy (non-hydrogen) atoms. The number of hydrogen-bond donors (Lipinski definition) is 1. The fourth-order valence-corrected chi connectivity index (χ4v) is 2.96. The molecule has 1 aromatic carbocycles. The highest BCUT2D eigenvalue weighted by molar-refractivity contribution is 6.21. The van der Waals surface area contributed by atoms with Gasteiger partial charge < -0.3 is 10.1 Å². The zero-order valence-electron chi connectivity index (χ0n) is 15.7. The summed E-state index contributed by atoms with van der Waals surface area (Å²) in [5.74, 6) is -0.873. The molecule has 0 aromatic heterocycles. The number of ether oxygens (including phenoxy) is 1. The Morgan fingerprint density at radius 2 is 1.63 bits per heavy atom. The summed E-state index contributed by atoms with van der Waals surface area (Å²) in [5.41, 5.74) is 0.851. The van der Waals surface area contributed by atoms with Crippen molar-refractivity contribution in [3.05, 3.63) is 35.4 Å². The Hall–Kier alpha value is -2.70. The predicted octanol–water partition coefficient (Wildman–Crippen LogP) is 2.30. The monoisotopic (exact) mass is 374 g/mol. The van der Waals surface area contributed by atoms with E-state index in [4.69, 9.17) is 4.74 Å². The molecule has 3 amide bonds. The number of esters is 1. The molecule has 146 valence electrons. The van der Waals surface area contributed by atoms with Crippen LogP contribution in [0.5, 0.6) is 0 Å². The first kappa shape index (κ1) is 20.6. The van der Waals surface area contributed by atoms with Gasteiger partial charge >= 0.3 is 5.97 Å². The van der Waals surface area contributed by atoms with Crippen molar-refractivity contribution in [1.29, 1.82) is 0 Å². The van der Waals surface area contributed by atoms with Crippen LogP contribution in [0.1, 0.15) is 66.2 Å². The third-order valence-electron chi connectivity index (χ3n) is 4.35. The molecule has 0 unspecified atom stereocenters. The summed E-state index contributed by atoms with van der Waals surface area (Å²) in [7, 11) is 0. The lowest BCUT2D eigenvalue weighted by atomic mass is 10.1. The highest BCUT2D eigenvalue weighted by Crippen LogP contribution is 2.22. The molecule has 0 radical (unpaired) electrons. The summed E-state index contributed by atoms with van der Waals surface area (Å²) in [4.78, 5) is 48.7. The zero-order chi connectivity index (χ0) is 19.6. The minimum atomic E-state index is -0.294. The van der Waals surface area contributed by atoms with E-state index in [9.17, 15) is 19.2 Å². The Morgan fingerprint density at radius 1 is 0.963 bits per heavy atom. The van der Waals surface area contributed by atoms with Crippen molar-refractivity contribution in [3.8, 4) is 0 Å². The van der Waals surface area contributed by atoms with Gasteiger partial charge in [0.15, 0.2) is 0 Å². The largest absolute Gasteiger partial charge is 0.466 e. The van der Waals surface area contributed by atoms with Gasteiger partial charge in [-0.2, -0.15) is 0 Å². The molecule has 0 atom stereocenters. The molecule has 7 heteroatoms. The average Bonchev–Trinajstić information content (AvgIpc) is 2.90. The van der Waals surface area contributed by atoms with Crippen molar-refractivity contribution in [2.75, 3.05) is 19.7 Å². The number of unbranched alkanes of at least 4 members (excludes halogenated alkanes) is 2. The second-order valence-corrected chi connectivity index (χ2v) is 6.38. The van der Waals surface area contributed by atoms with E-state index in [1.807, 2.05) is 0 Å². The van der Waals surface area contributed by atoms with Gasteiger partial charge in [-0.15, -0.1) is 0 Å². The van der Waals surface area contributed by atoms with E-state index in [1.165, 1.54) is 4.90 Å². The number of carbonyl (C=O) groups is 4. The number of rotatable bonds is 11. The molecule has 0 aliphatic carbocycles. The fourth-order valence-electron chi connectivity index (χ4n) is 2.96. The molecule has 0 bridgehead atoms. The van der Waals surface area contributed by atoms with Gasteiger partial charge in [-0.3, -0.25) is 24.1 Å². The third-order valence-corrected chi connectivity index (χ3v) is 4.35. The molecule has 0 fully saturated rings. The Morgan fingerprint density at radius 3 is 2.26 bits per heavy atom. The Balaban J connectivity index is 1.57. The first-order valence-electron chi connectivity index (χ1n) is 9.42. The fraction of sp³-hybridized carbons (Fsp3) is 0.500. The Labute approximate surface area is 159 Å². The molecule has 0 saturated carbocycles. The van der Waals surface area contributed by atoms with Crippen molar-refractivity contribution in [1.82, 2.24) is 10.2 Å². The minimum Gasteiger partial charge on any atom is -0.466 e. The van der Waals surface area contributed by atoms with E-state index in [1.54, 1.807) is 31.2 Å². The van der Waals surface area contributed by atoms with E-state index < -0.39 is 0 Å². The van der Waals surface area contributed by atoms with Gasteiger partial charge in [0.2, 0.25) is 5.91 Å². The predicted molar refractivity (Wildman–Crippen MR) is 99.2 cm³/mol. The minimum absolute atomic E-state index is 0.1000. The number of fused-ring (bicyclic) bond motifs is 1. The number of amides is 3. The molecule has 7 nitrogen and oxygen atoms in total. The Kier molecular flexibility index (Phi) is 7.98. The summed E-state index contributed by atoms with van der Waals surface area (Å²) in [6.07, 6.45) is 3.48. The molecule has 2 rings (SSSR count). The molecule has 1 aliphatic rings. The van der Waals surface area contributed by atoms with Gasteiger partial charge in [-0.05, 0) is 38.3 Å². The molecule has 1 aliphatic heterocycles. The Bertz CT molecular complexity index is 666. The van der Waals surface area contributed by atoms with E-state index in [0.717, 1.165) is 19.3 Å². The molecule has 1 aromatic rings. The lowest BCUT2D eigenvalue weighted by molar-refractivity contribution is -0.143. The normalized spacial score (nSPS) is 12.9. The van der Waals surface area contributed by atoms with Crippen LogP contribution in [0.4, 0.5) is 0 Å². The van der Waals surface area contributed by atoms with Crippen LogP contribution in [0.3, 0.4) is 0 Å². The standard InChI is InChI=1S/C20H26N2O5/c1-2-27-18(24)12-4-3-7-13-21-17(23)11-8-14-22-19(25)15-9-5-6-10-16(15)20(22)26/h5-6,9-10H,2-4,7-8,11-14H2,1H3,(H,21,23). The average molecular weight is 374 g/mol. The number of hydrogen-bond acceptors (Lipinski definition) is 5. The summed E-state index contributed by atoms with van der Waals surface area (Å²) in [6.45, 7) is 2.96. The summed E-state index contributed by atoms with van der Waals surface area (Å²) >= 11 is 0. The van der Waals surface area contributed by atoms with E-state index in [2.05, 4.69) is 5.32 Å². The first-order chi connectivity index (χ1) is 13.0. The number of carbonyl (C=O) groups excluding carboxylic acids is 4. The van der Waals surface area contributed by atoms with Crippen LogP contribution in [0.25, 0.3) is 0 Å². The van der Waals surface area contributed by atoms with Gasteiger partial charge in [0.25, 0.3) is 11.8 Å². The summed E-state index contributed by atoms with van der Waals surface area (Å²) < 4.78 is 4.85. The van der Waals surface area contributed by atoms with Crippen LogP contribution in [0.2, 0.25) is 0 Å². The highest BCUT2D eigenvalue weighted by atomic mass is 16.5. The highest BCUT2D eigenvalue weighted by Gasteiger charge is 2.34. The molecular weight excluding hydrogens is 348 g/mol. The lowest BCUT2D eigenvalue weighted by Crippen LogP contribution is -2.32. The second-order valence-electron chi connectivity index (χ2n) is 6.38. The maximum atomic E-state index is 12.2. The second kappa shape index (κ2) is 10.4. The lowest BCUT2D eigenvalue weighted by Gasteiger charge is -2.13. The van der Waals surface area contributed by atoms with Crippen LogP contribution in [0, 0.1) is 0 Å². The van der Waals surface area contributed by atoms with Crippen LogP contribution in [-0.2, 0) is 14.3 Å². The van der Waals surface area contributed by atoms with Crippen molar-refractivity contribution < 1.29 is 23.9 Å². The van der Waals surface area contributed by atoms with E-state index >= 15 is 0 Å². The molecule has 0 spiro atoms. The van der Waals surface area contributed by atoms with Crippen LogP contribution < -0.4 is 5.32 Å². The zero-order valence-corrected chi connectivity index (χ0v) is 15.7. The van der Waals surface area contributed by atoms with E-state index in [0.29, 0.717) is 37.1 Å². The summed E-state index contributed by atoms with van der Waals surface area (Å²) in [5, 5.41) is 2.82. The molecule has 1 N–H and O–H groups in total. The van der Waals surface area contributed by atoms with Gasteiger partial charge in [0.05, 0.1) is 17.7 Å². The number of nitrogens with zero attached hydrogens (tertiary/aromatic N) is 1. The van der Waals surface area contributed by atoms with Crippen molar-refractivity contribution in [2.45, 2.75) is 45.4 Å². The first-order valence-corrected chi connectivity index (χ1v) is 9.42. The summed E-state index contributed by atoms with van der Waals surface area (Å²) in [6, 6.07) is 6.75. The van der Waals surface area contributed by atoms with Crippen LogP contribution >= 0.6 is 0 Å². The molecular formula is C20H26N2O5. The van der Waals surface area contributed by atoms with Crippen LogP contribution in [-0.4, -0.2) is 48.3 Å². The number of benzene rings is 1. The van der Waals surface area contributed by atoms with Gasteiger partial charge in [-0.25, -0.2) is 0 Å². The van der Waals surface area contributed by atoms with Gasteiger partial charge in [0.1, 0.15) is 0 Å². The van der Waals surface area contributed by atoms with Crippen molar-refractivity contribution >= 4 is 23.7 Å². The maximum absolute atomic E-state index is 12.2. The smallest absolute Gasteiger partial charge is 0.305 e. The SMILES string of the molecule is CCOC(=O)CCCCCNC(=O)CCCN1C(=O)c2ccccc2C1=O. The number of imide groups is 1. The maximum Gasteiger partial charge on any atom is 0.305 e.